The molecule has 1 atom stereocenters. The van der Waals surface area contributed by atoms with Gasteiger partial charge in [0.05, 0.1) is 14.2 Å². The summed E-state index contributed by atoms with van der Waals surface area (Å²) < 4.78 is 34.1. The topological polar surface area (TPSA) is 66.4 Å². The molecule has 2 aliphatic rings. The first-order valence-corrected chi connectivity index (χ1v) is 20.4. The molecule has 294 valence electrons. The van der Waals surface area contributed by atoms with E-state index in [2.05, 4.69) is 68.5 Å². The minimum absolute atomic E-state index is 0.246. The van der Waals surface area contributed by atoms with E-state index in [0.29, 0.717) is 29.0 Å². The molecule has 0 amide bonds. The molecule has 7 aromatic carbocycles. The maximum Gasteiger partial charge on any atom is 0.178 e. The summed E-state index contributed by atoms with van der Waals surface area (Å²) in [6.45, 7) is 4.55. The number of aromatic nitrogens is 3. The van der Waals surface area contributed by atoms with Crippen LogP contribution in [0, 0.1) is 5.82 Å². The average molecular weight is 788 g/mol. The number of nitrogens with zero attached hydrogens (tertiary/aromatic N) is 3. The van der Waals surface area contributed by atoms with Crippen LogP contribution in [0.2, 0.25) is 0 Å². The Morgan fingerprint density at radius 1 is 0.583 bits per heavy atom. The highest BCUT2D eigenvalue weighted by Crippen LogP contribution is 2.61. The van der Waals surface area contributed by atoms with Crippen molar-refractivity contribution in [3.63, 3.8) is 0 Å². The Balaban J connectivity index is 1.18. The van der Waals surface area contributed by atoms with E-state index >= 15 is 0 Å². The molecule has 0 saturated carbocycles. The first kappa shape index (κ1) is 37.2. The summed E-state index contributed by atoms with van der Waals surface area (Å²) in [7, 11) is 3.32. The lowest BCUT2D eigenvalue weighted by molar-refractivity contribution is 0.163. The second-order valence-electron chi connectivity index (χ2n) is 15.4. The third-order valence-corrected chi connectivity index (χ3v) is 12.5. The van der Waals surface area contributed by atoms with Crippen LogP contribution in [0.4, 0.5) is 4.39 Å². The maximum atomic E-state index is 14.7. The number of benzene rings is 7. The van der Waals surface area contributed by atoms with Gasteiger partial charge in [-0.3, -0.25) is 0 Å². The van der Waals surface area contributed by atoms with E-state index in [1.807, 2.05) is 78.9 Å². The van der Waals surface area contributed by atoms with Crippen LogP contribution in [-0.4, -0.2) is 29.2 Å². The van der Waals surface area contributed by atoms with Crippen molar-refractivity contribution < 1.29 is 18.6 Å². The van der Waals surface area contributed by atoms with Crippen molar-refractivity contribution in [2.45, 2.75) is 37.7 Å². The van der Waals surface area contributed by atoms with Gasteiger partial charge < -0.3 is 14.2 Å². The fourth-order valence-electron chi connectivity index (χ4n) is 9.46. The Bertz CT molecular complexity index is 2890. The lowest BCUT2D eigenvalue weighted by Gasteiger charge is -2.39. The first-order chi connectivity index (χ1) is 29.4. The Kier molecular flexibility index (Phi) is 9.05. The fraction of sp³-hybridized carbons (Fsp3) is 0.151. The molecule has 0 saturated heterocycles. The predicted molar refractivity (Wildman–Crippen MR) is 237 cm³/mol. The molecule has 6 nitrogen and oxygen atoms in total. The van der Waals surface area contributed by atoms with Gasteiger partial charge in [0, 0.05) is 44.2 Å². The molecule has 7 heteroatoms. The van der Waals surface area contributed by atoms with Crippen molar-refractivity contribution in [3.8, 4) is 62.5 Å². The van der Waals surface area contributed by atoms with Crippen molar-refractivity contribution in [1.82, 2.24) is 15.0 Å². The zero-order valence-electron chi connectivity index (χ0n) is 33.9. The molecule has 10 rings (SSSR count). The van der Waals surface area contributed by atoms with Gasteiger partial charge in [-0.05, 0) is 70.8 Å². The molecule has 1 unspecified atom stereocenters. The van der Waals surface area contributed by atoms with Crippen LogP contribution in [0.1, 0.15) is 54.5 Å². The number of methoxy groups -OCH3 is 2. The van der Waals surface area contributed by atoms with Crippen molar-refractivity contribution >= 4 is 16.8 Å². The van der Waals surface area contributed by atoms with Crippen LogP contribution in [0.25, 0.3) is 62.1 Å². The van der Waals surface area contributed by atoms with Gasteiger partial charge in [0.15, 0.2) is 34.6 Å². The van der Waals surface area contributed by atoms with Gasteiger partial charge in [0.25, 0.3) is 0 Å². The smallest absolute Gasteiger partial charge is 0.178 e. The number of rotatable bonds is 9. The molecule has 1 aliphatic heterocycles. The summed E-state index contributed by atoms with van der Waals surface area (Å²) in [5.41, 5.74) is 8.89. The molecule has 0 radical (unpaired) electrons. The van der Waals surface area contributed by atoms with E-state index in [-0.39, 0.29) is 11.2 Å². The molecule has 8 aromatic rings. The number of hydrogen-bond donors (Lipinski definition) is 0. The van der Waals surface area contributed by atoms with Crippen LogP contribution < -0.4 is 14.2 Å². The van der Waals surface area contributed by atoms with Crippen molar-refractivity contribution in [1.29, 1.82) is 0 Å². The van der Waals surface area contributed by atoms with Crippen molar-refractivity contribution in [2.75, 3.05) is 14.2 Å². The van der Waals surface area contributed by atoms with Gasteiger partial charge in [-0.25, -0.2) is 19.3 Å². The van der Waals surface area contributed by atoms with E-state index in [4.69, 9.17) is 29.2 Å². The highest BCUT2D eigenvalue weighted by Gasteiger charge is 2.47. The van der Waals surface area contributed by atoms with Crippen LogP contribution in [0.3, 0.4) is 0 Å². The molecular weight excluding hydrogens is 746 g/mol. The second kappa shape index (κ2) is 14.6. The van der Waals surface area contributed by atoms with E-state index in [1.54, 1.807) is 26.4 Å². The molecule has 1 aromatic heterocycles. The summed E-state index contributed by atoms with van der Waals surface area (Å²) in [5.74, 6) is 3.39. The predicted octanol–water partition coefficient (Wildman–Crippen LogP) is 12.6. The lowest BCUT2D eigenvalue weighted by Crippen LogP contribution is -2.35. The SMILES string of the molecule is CCC1(CC)c2ccccc2-c2c1c1c(c3cc(OC)c(OC)cc23)OC(c2ccc(F)cc2)(c2ccc(-c3nc(-c4ccccc4)nc(-c4ccccc4)n3)cc2)C=C1. The van der Waals surface area contributed by atoms with Crippen molar-refractivity contribution in [3.05, 3.63) is 185 Å². The maximum absolute atomic E-state index is 14.7. The summed E-state index contributed by atoms with van der Waals surface area (Å²) in [5, 5.41) is 1.92. The van der Waals surface area contributed by atoms with Gasteiger partial charge in [0.1, 0.15) is 11.6 Å². The number of fused-ring (bicyclic) bond motifs is 8. The van der Waals surface area contributed by atoms with Gasteiger partial charge in [-0.2, -0.15) is 0 Å². The lowest BCUT2D eigenvalue weighted by atomic mass is 9.71. The number of halogens is 1. The molecule has 2 heterocycles. The monoisotopic (exact) mass is 787 g/mol. The molecule has 0 spiro atoms. The van der Waals surface area contributed by atoms with Gasteiger partial charge in [-0.1, -0.05) is 141 Å². The third-order valence-electron chi connectivity index (χ3n) is 12.5. The van der Waals surface area contributed by atoms with Crippen LogP contribution in [0.5, 0.6) is 17.2 Å². The van der Waals surface area contributed by atoms with E-state index in [9.17, 15) is 4.39 Å². The Hall–Kier alpha value is -7.12. The van der Waals surface area contributed by atoms with Gasteiger partial charge >= 0.3 is 0 Å². The first-order valence-electron chi connectivity index (χ1n) is 20.4. The molecule has 0 fully saturated rings. The summed E-state index contributed by atoms with van der Waals surface area (Å²) in [6, 6.07) is 47.5. The normalized spacial score (nSPS) is 15.8. The molecule has 1 aliphatic carbocycles. The fourth-order valence-corrected chi connectivity index (χ4v) is 9.46. The minimum Gasteiger partial charge on any atom is -0.493 e. The number of ether oxygens (including phenoxy) is 3. The van der Waals surface area contributed by atoms with Crippen LogP contribution in [-0.2, 0) is 11.0 Å². The quantitative estimate of drug-likeness (QED) is 0.145. The van der Waals surface area contributed by atoms with Crippen LogP contribution >= 0.6 is 0 Å². The highest BCUT2D eigenvalue weighted by atomic mass is 19.1. The largest absolute Gasteiger partial charge is 0.493 e. The third kappa shape index (κ3) is 5.71. The Labute approximate surface area is 349 Å². The standard InChI is InChI=1S/C53H42FN3O3/c1-5-52(6-2)43-20-14-13-19-39(43)46-41-31-44(58-3)45(59-4)32-42(41)48-40(47(46)52)29-30-53(60-48,37-25-27-38(54)28-26-37)36-23-21-35(22-24-36)51-56-49(33-15-9-7-10-16-33)55-50(57-51)34-17-11-8-12-18-34/h7-32H,5-6H2,1-4H3. The summed E-state index contributed by atoms with van der Waals surface area (Å²) in [6.07, 6.45) is 6.17. The van der Waals surface area contributed by atoms with Crippen LogP contribution in [0.15, 0.2) is 152 Å². The summed E-state index contributed by atoms with van der Waals surface area (Å²) in [4.78, 5) is 14.8. The second-order valence-corrected chi connectivity index (χ2v) is 15.4. The molecular formula is C53H42FN3O3. The Morgan fingerprint density at radius 3 is 1.63 bits per heavy atom. The average Bonchev–Trinajstić information content (AvgIpc) is 3.62. The summed E-state index contributed by atoms with van der Waals surface area (Å²) >= 11 is 0. The van der Waals surface area contributed by atoms with Crippen molar-refractivity contribution in [2.24, 2.45) is 0 Å². The Morgan fingerprint density at radius 2 is 1.08 bits per heavy atom. The van der Waals surface area contributed by atoms with E-state index in [0.717, 1.165) is 62.7 Å². The van der Waals surface area contributed by atoms with Gasteiger partial charge in [0.2, 0.25) is 0 Å². The highest BCUT2D eigenvalue weighted by molar-refractivity contribution is 6.09. The number of hydrogen-bond acceptors (Lipinski definition) is 6. The molecule has 0 bridgehead atoms. The van der Waals surface area contributed by atoms with E-state index < -0.39 is 5.60 Å². The molecule has 60 heavy (non-hydrogen) atoms. The zero-order valence-corrected chi connectivity index (χ0v) is 33.9. The van der Waals surface area contributed by atoms with Gasteiger partial charge in [-0.15, -0.1) is 0 Å². The minimum atomic E-state index is -1.14. The molecule has 0 N–H and O–H groups in total. The zero-order chi connectivity index (χ0) is 41.0. The van der Waals surface area contributed by atoms with E-state index in [1.165, 1.54) is 34.4 Å².